The minimum atomic E-state index is -3.11. The first-order valence-corrected chi connectivity index (χ1v) is 14.1. The number of rotatable bonds is 8. The summed E-state index contributed by atoms with van der Waals surface area (Å²) in [6.07, 6.45) is 1.32. The van der Waals surface area contributed by atoms with Crippen molar-refractivity contribution in [2.24, 2.45) is 0 Å². The lowest BCUT2D eigenvalue weighted by molar-refractivity contribution is -0.121. The Hall–Kier alpha value is -2.75. The summed E-state index contributed by atoms with van der Waals surface area (Å²) in [4.78, 5) is 31.8. The first kappa shape index (κ1) is 25.3. The Morgan fingerprint density at radius 1 is 0.943 bits per heavy atom. The van der Waals surface area contributed by atoms with E-state index in [1.807, 2.05) is 54.6 Å². The lowest BCUT2D eigenvalue weighted by Crippen LogP contribution is -2.53. The maximum Gasteiger partial charge on any atom is 0.241 e. The highest BCUT2D eigenvalue weighted by Gasteiger charge is 2.36. The standard InChI is InChI=1S/C26H34N4O4S/c1-2-21-8-6-7-11-24(21)27-25(31)18-28-13-15-29(16-14-28)19-26(32)30(22-9-4-3-5-10-22)23-12-17-35(33,34)20-23/h3-11,23H,2,12-20H2,1H3,(H,27,31)/t23-/m0/s1. The van der Waals surface area contributed by atoms with E-state index in [-0.39, 0.29) is 35.9 Å². The molecule has 2 amide bonds. The van der Waals surface area contributed by atoms with Crippen molar-refractivity contribution in [1.82, 2.24) is 9.80 Å². The van der Waals surface area contributed by atoms with Gasteiger partial charge in [-0.2, -0.15) is 0 Å². The second-order valence-electron chi connectivity index (χ2n) is 9.27. The number of benzene rings is 2. The van der Waals surface area contributed by atoms with Crippen molar-refractivity contribution < 1.29 is 18.0 Å². The third-order valence-corrected chi connectivity index (χ3v) is 8.49. The average Bonchev–Trinajstić information content (AvgIpc) is 3.20. The van der Waals surface area contributed by atoms with Crippen LogP contribution < -0.4 is 10.2 Å². The lowest BCUT2D eigenvalue weighted by atomic mass is 10.1. The molecule has 2 aromatic carbocycles. The molecular formula is C26H34N4O4S. The second kappa shape index (κ2) is 11.3. The van der Waals surface area contributed by atoms with Crippen LogP contribution in [0.4, 0.5) is 11.4 Å². The molecule has 0 saturated carbocycles. The minimum absolute atomic E-state index is 0.0116. The molecule has 4 rings (SSSR count). The first-order chi connectivity index (χ1) is 16.8. The Morgan fingerprint density at radius 2 is 1.57 bits per heavy atom. The number of amides is 2. The number of anilines is 2. The molecule has 0 aliphatic carbocycles. The van der Waals surface area contributed by atoms with Gasteiger partial charge in [0.2, 0.25) is 11.8 Å². The fourth-order valence-corrected chi connectivity index (χ4v) is 6.54. The third-order valence-electron chi connectivity index (χ3n) is 6.74. The molecule has 1 atom stereocenters. The quantitative estimate of drug-likeness (QED) is 0.599. The molecule has 2 saturated heterocycles. The van der Waals surface area contributed by atoms with Gasteiger partial charge in [-0.25, -0.2) is 8.42 Å². The number of sulfone groups is 1. The van der Waals surface area contributed by atoms with Crippen LogP contribution in [0.1, 0.15) is 18.9 Å². The minimum Gasteiger partial charge on any atom is -0.325 e. The van der Waals surface area contributed by atoms with Gasteiger partial charge in [0.1, 0.15) is 0 Å². The van der Waals surface area contributed by atoms with Crippen LogP contribution in [-0.4, -0.2) is 86.8 Å². The molecule has 2 fully saturated rings. The van der Waals surface area contributed by atoms with E-state index in [1.165, 1.54) is 0 Å². The van der Waals surface area contributed by atoms with Crippen LogP contribution in [0, 0.1) is 0 Å². The average molecular weight is 499 g/mol. The van der Waals surface area contributed by atoms with Crippen LogP contribution in [-0.2, 0) is 25.8 Å². The van der Waals surface area contributed by atoms with Crippen LogP contribution in [0.5, 0.6) is 0 Å². The predicted octanol–water partition coefficient (Wildman–Crippen LogP) is 2.03. The molecule has 9 heteroatoms. The van der Waals surface area contributed by atoms with Crippen LogP contribution in [0.15, 0.2) is 54.6 Å². The molecule has 8 nitrogen and oxygen atoms in total. The molecule has 2 heterocycles. The summed E-state index contributed by atoms with van der Waals surface area (Å²) in [6.45, 7) is 5.35. The number of nitrogens with zero attached hydrogens (tertiary/aromatic N) is 3. The second-order valence-corrected chi connectivity index (χ2v) is 11.5. The number of carbonyl (C=O) groups is 2. The Labute approximate surface area is 207 Å². The van der Waals surface area contributed by atoms with Gasteiger partial charge >= 0.3 is 0 Å². The number of hydrogen-bond donors (Lipinski definition) is 1. The van der Waals surface area contributed by atoms with Gasteiger partial charge in [0, 0.05) is 37.6 Å². The van der Waals surface area contributed by atoms with E-state index in [1.54, 1.807) is 4.90 Å². The summed E-state index contributed by atoms with van der Waals surface area (Å²) in [5.41, 5.74) is 2.71. The van der Waals surface area contributed by atoms with Crippen molar-refractivity contribution in [3.8, 4) is 0 Å². The van der Waals surface area contributed by atoms with Gasteiger partial charge in [0.05, 0.1) is 30.6 Å². The molecule has 0 radical (unpaired) electrons. The fraction of sp³-hybridized carbons (Fsp3) is 0.462. The zero-order valence-corrected chi connectivity index (χ0v) is 21.0. The summed E-state index contributed by atoms with van der Waals surface area (Å²) >= 11 is 0. The number of hydrogen-bond acceptors (Lipinski definition) is 6. The molecule has 35 heavy (non-hydrogen) atoms. The van der Waals surface area contributed by atoms with E-state index in [0.717, 1.165) is 23.4 Å². The van der Waals surface area contributed by atoms with E-state index in [2.05, 4.69) is 22.0 Å². The maximum atomic E-state index is 13.3. The maximum absolute atomic E-state index is 13.3. The monoisotopic (exact) mass is 498 g/mol. The van der Waals surface area contributed by atoms with E-state index < -0.39 is 9.84 Å². The zero-order chi connectivity index (χ0) is 24.8. The largest absolute Gasteiger partial charge is 0.325 e. The van der Waals surface area contributed by atoms with Crippen molar-refractivity contribution in [3.05, 3.63) is 60.2 Å². The topological polar surface area (TPSA) is 90.0 Å². The van der Waals surface area contributed by atoms with Gasteiger partial charge in [-0.05, 0) is 36.6 Å². The van der Waals surface area contributed by atoms with Crippen molar-refractivity contribution in [1.29, 1.82) is 0 Å². The molecule has 2 aromatic rings. The molecule has 2 aliphatic rings. The van der Waals surface area contributed by atoms with Crippen molar-refractivity contribution >= 4 is 33.0 Å². The van der Waals surface area contributed by atoms with E-state index in [0.29, 0.717) is 39.1 Å². The van der Waals surface area contributed by atoms with Crippen LogP contribution in [0.25, 0.3) is 0 Å². The summed E-state index contributed by atoms with van der Waals surface area (Å²) in [7, 11) is -3.11. The van der Waals surface area contributed by atoms with Crippen molar-refractivity contribution in [2.45, 2.75) is 25.8 Å². The normalized spacial score (nSPS) is 20.4. The number of piperazine rings is 1. The van der Waals surface area contributed by atoms with Gasteiger partial charge in [0.25, 0.3) is 0 Å². The lowest BCUT2D eigenvalue weighted by Gasteiger charge is -2.36. The first-order valence-electron chi connectivity index (χ1n) is 12.2. The highest BCUT2D eigenvalue weighted by Crippen LogP contribution is 2.25. The summed E-state index contributed by atoms with van der Waals surface area (Å²) < 4.78 is 24.2. The molecule has 2 aliphatic heterocycles. The van der Waals surface area contributed by atoms with Gasteiger partial charge in [-0.3, -0.25) is 19.4 Å². The van der Waals surface area contributed by atoms with Gasteiger partial charge < -0.3 is 10.2 Å². The van der Waals surface area contributed by atoms with E-state index >= 15 is 0 Å². The highest BCUT2D eigenvalue weighted by molar-refractivity contribution is 7.91. The molecule has 1 N–H and O–H groups in total. The number of nitrogens with one attached hydrogen (secondary N) is 1. The summed E-state index contributed by atoms with van der Waals surface area (Å²) in [5.74, 6) is 0.0175. The smallest absolute Gasteiger partial charge is 0.241 e. The number of para-hydroxylation sites is 2. The molecule has 188 valence electrons. The van der Waals surface area contributed by atoms with E-state index in [9.17, 15) is 18.0 Å². The van der Waals surface area contributed by atoms with Crippen LogP contribution in [0.2, 0.25) is 0 Å². The van der Waals surface area contributed by atoms with Gasteiger partial charge in [-0.15, -0.1) is 0 Å². The molecule has 0 spiro atoms. The Bertz CT molecular complexity index is 1130. The number of carbonyl (C=O) groups excluding carboxylic acids is 2. The fourth-order valence-electron chi connectivity index (χ4n) is 4.84. The molecule has 0 bridgehead atoms. The van der Waals surface area contributed by atoms with Gasteiger partial charge in [0.15, 0.2) is 9.84 Å². The highest BCUT2D eigenvalue weighted by atomic mass is 32.2. The predicted molar refractivity (Wildman–Crippen MR) is 138 cm³/mol. The summed E-state index contributed by atoms with van der Waals surface area (Å²) in [5, 5.41) is 3.02. The molecular weight excluding hydrogens is 464 g/mol. The zero-order valence-electron chi connectivity index (χ0n) is 20.2. The molecule has 0 unspecified atom stereocenters. The van der Waals surface area contributed by atoms with Crippen LogP contribution in [0.3, 0.4) is 0 Å². The Balaban J connectivity index is 1.31. The molecule has 0 aromatic heterocycles. The van der Waals surface area contributed by atoms with E-state index in [4.69, 9.17) is 0 Å². The van der Waals surface area contributed by atoms with Crippen LogP contribution >= 0.6 is 0 Å². The van der Waals surface area contributed by atoms with Crippen molar-refractivity contribution in [3.63, 3.8) is 0 Å². The Morgan fingerprint density at radius 3 is 2.20 bits per heavy atom. The van der Waals surface area contributed by atoms with Gasteiger partial charge in [-0.1, -0.05) is 43.3 Å². The SMILES string of the molecule is CCc1ccccc1NC(=O)CN1CCN(CC(=O)N(c2ccccc2)[C@H]2CCS(=O)(=O)C2)CC1. The third kappa shape index (κ3) is 6.68. The van der Waals surface area contributed by atoms with Crippen molar-refractivity contribution in [2.75, 3.05) is 61.0 Å². The number of aryl methyl sites for hydroxylation is 1. The Kier molecular flexibility index (Phi) is 8.20. The summed E-state index contributed by atoms with van der Waals surface area (Å²) in [6, 6.07) is 16.8.